The summed E-state index contributed by atoms with van der Waals surface area (Å²) in [4.78, 5) is 15.2. The third-order valence-corrected chi connectivity index (χ3v) is 3.08. The third kappa shape index (κ3) is 3.80. The molecule has 0 aliphatic carbocycles. The van der Waals surface area contributed by atoms with Gasteiger partial charge in [0, 0.05) is 31.6 Å². The highest BCUT2D eigenvalue weighted by Gasteiger charge is 2.31. The van der Waals surface area contributed by atoms with Crippen molar-refractivity contribution in [2.24, 2.45) is 0 Å². The lowest BCUT2D eigenvalue weighted by Crippen LogP contribution is -2.58. The molecule has 0 radical (unpaired) electrons. The Labute approximate surface area is 91.9 Å². The lowest BCUT2D eigenvalue weighted by atomic mass is 9.98. The van der Waals surface area contributed by atoms with E-state index < -0.39 is 5.97 Å². The van der Waals surface area contributed by atoms with Crippen LogP contribution in [0.2, 0.25) is 0 Å². The molecule has 0 aromatic carbocycles. The largest absolute Gasteiger partial charge is 0.481 e. The van der Waals surface area contributed by atoms with Crippen LogP contribution in [0.5, 0.6) is 0 Å². The van der Waals surface area contributed by atoms with Gasteiger partial charge in [-0.1, -0.05) is 0 Å². The molecule has 0 amide bonds. The van der Waals surface area contributed by atoms with E-state index >= 15 is 0 Å². The normalized spacial score (nSPS) is 22.9. The first-order valence-electron chi connectivity index (χ1n) is 5.57. The number of likely N-dealkylation sites (N-methyl/N-ethyl adjacent to an activating group) is 1. The van der Waals surface area contributed by atoms with Crippen molar-refractivity contribution in [3.63, 3.8) is 0 Å². The molecule has 0 bridgehead atoms. The Hall–Kier alpha value is -0.610. The Morgan fingerprint density at radius 1 is 1.40 bits per heavy atom. The minimum atomic E-state index is -0.693. The molecular formula is C11H22N2O2. The zero-order valence-corrected chi connectivity index (χ0v) is 9.99. The first-order chi connectivity index (χ1) is 6.92. The van der Waals surface area contributed by atoms with Gasteiger partial charge in [-0.15, -0.1) is 0 Å². The maximum Gasteiger partial charge on any atom is 0.303 e. The van der Waals surface area contributed by atoms with Crippen molar-refractivity contribution < 1.29 is 9.90 Å². The van der Waals surface area contributed by atoms with E-state index in [1.165, 1.54) is 0 Å². The summed E-state index contributed by atoms with van der Waals surface area (Å²) in [6.45, 7) is 8.53. The average molecular weight is 214 g/mol. The number of aliphatic carboxylic acids is 1. The van der Waals surface area contributed by atoms with Crippen molar-refractivity contribution in [3.05, 3.63) is 0 Å². The van der Waals surface area contributed by atoms with Gasteiger partial charge in [0.2, 0.25) is 0 Å². The fourth-order valence-electron chi connectivity index (χ4n) is 2.27. The van der Waals surface area contributed by atoms with Crippen LogP contribution in [0.3, 0.4) is 0 Å². The highest BCUT2D eigenvalue weighted by Crippen LogP contribution is 2.20. The summed E-state index contributed by atoms with van der Waals surface area (Å²) in [5.74, 6) is -0.693. The maximum absolute atomic E-state index is 10.4. The molecule has 0 aromatic rings. The average Bonchev–Trinajstić information content (AvgIpc) is 2.07. The van der Waals surface area contributed by atoms with Crippen molar-refractivity contribution in [2.45, 2.75) is 32.2 Å². The molecular weight excluding hydrogens is 192 g/mol. The molecule has 0 spiro atoms. The molecule has 15 heavy (non-hydrogen) atoms. The fourth-order valence-corrected chi connectivity index (χ4v) is 2.27. The van der Waals surface area contributed by atoms with Crippen molar-refractivity contribution in [3.8, 4) is 0 Å². The van der Waals surface area contributed by atoms with Gasteiger partial charge in [-0.3, -0.25) is 9.69 Å². The summed E-state index contributed by atoms with van der Waals surface area (Å²) in [5.41, 5.74) is 0.172. The molecule has 0 unspecified atom stereocenters. The van der Waals surface area contributed by atoms with Crippen LogP contribution in [-0.2, 0) is 4.79 Å². The number of nitrogens with zero attached hydrogens (tertiary/aromatic N) is 2. The number of carboxylic acids is 1. The monoisotopic (exact) mass is 214 g/mol. The molecule has 0 atom stereocenters. The van der Waals surface area contributed by atoms with Gasteiger partial charge >= 0.3 is 5.97 Å². The van der Waals surface area contributed by atoms with E-state index in [1.807, 2.05) is 0 Å². The summed E-state index contributed by atoms with van der Waals surface area (Å²) in [6.07, 6.45) is 1.03. The molecule has 1 N–H and O–H groups in total. The van der Waals surface area contributed by atoms with E-state index in [0.717, 1.165) is 32.6 Å². The summed E-state index contributed by atoms with van der Waals surface area (Å²) >= 11 is 0. The van der Waals surface area contributed by atoms with Gasteiger partial charge in [-0.05, 0) is 33.9 Å². The molecule has 0 aromatic heterocycles. The fraction of sp³-hybridized carbons (Fsp3) is 0.909. The second-order valence-corrected chi connectivity index (χ2v) is 5.03. The van der Waals surface area contributed by atoms with E-state index in [2.05, 4.69) is 30.7 Å². The number of hydrogen-bond donors (Lipinski definition) is 1. The Morgan fingerprint density at radius 3 is 2.60 bits per heavy atom. The number of carboxylic acid groups (broad SMARTS) is 1. The van der Waals surface area contributed by atoms with Crippen LogP contribution in [0.4, 0.5) is 0 Å². The van der Waals surface area contributed by atoms with E-state index in [-0.39, 0.29) is 12.0 Å². The summed E-state index contributed by atoms with van der Waals surface area (Å²) in [5, 5.41) is 8.59. The van der Waals surface area contributed by atoms with Crippen LogP contribution in [0.15, 0.2) is 0 Å². The van der Waals surface area contributed by atoms with Crippen molar-refractivity contribution in [1.82, 2.24) is 9.80 Å². The third-order valence-electron chi connectivity index (χ3n) is 3.08. The Balaban J connectivity index is 2.37. The lowest BCUT2D eigenvalue weighted by Gasteiger charge is -2.46. The van der Waals surface area contributed by atoms with Crippen molar-refractivity contribution >= 4 is 5.97 Å². The Bertz CT molecular complexity index is 229. The maximum atomic E-state index is 10.4. The Morgan fingerprint density at radius 2 is 2.07 bits per heavy atom. The van der Waals surface area contributed by atoms with Crippen molar-refractivity contribution in [1.29, 1.82) is 0 Å². The predicted octanol–water partition coefficient (Wildman–Crippen LogP) is 0.877. The second kappa shape index (κ2) is 4.94. The lowest BCUT2D eigenvalue weighted by molar-refractivity contribution is -0.137. The van der Waals surface area contributed by atoms with Gasteiger partial charge in [0.25, 0.3) is 0 Å². The number of carbonyl (C=O) groups is 1. The van der Waals surface area contributed by atoms with Gasteiger partial charge in [0.15, 0.2) is 0 Å². The molecule has 4 nitrogen and oxygen atoms in total. The number of hydrogen-bond acceptors (Lipinski definition) is 3. The quantitative estimate of drug-likeness (QED) is 0.754. The first kappa shape index (κ1) is 12.5. The van der Waals surface area contributed by atoms with Gasteiger partial charge in [0.1, 0.15) is 0 Å². The molecule has 1 fully saturated rings. The van der Waals surface area contributed by atoms with Crippen LogP contribution < -0.4 is 0 Å². The predicted molar refractivity (Wildman–Crippen MR) is 60.0 cm³/mol. The van der Waals surface area contributed by atoms with E-state index in [9.17, 15) is 4.79 Å². The second-order valence-electron chi connectivity index (χ2n) is 5.03. The summed E-state index contributed by atoms with van der Waals surface area (Å²) < 4.78 is 0. The smallest absolute Gasteiger partial charge is 0.303 e. The SMILES string of the molecule is CN1CCN(CCCC(=O)O)C(C)(C)C1. The van der Waals surface area contributed by atoms with Crippen LogP contribution >= 0.6 is 0 Å². The van der Waals surface area contributed by atoms with Gasteiger partial charge in [-0.25, -0.2) is 0 Å². The summed E-state index contributed by atoms with van der Waals surface area (Å²) in [7, 11) is 2.14. The minimum absolute atomic E-state index is 0.172. The van der Waals surface area contributed by atoms with Crippen LogP contribution in [0.1, 0.15) is 26.7 Å². The molecule has 88 valence electrons. The minimum Gasteiger partial charge on any atom is -0.481 e. The van der Waals surface area contributed by atoms with Crippen LogP contribution in [0, 0.1) is 0 Å². The first-order valence-corrected chi connectivity index (χ1v) is 5.57. The zero-order chi connectivity index (χ0) is 11.5. The molecule has 4 heteroatoms. The van der Waals surface area contributed by atoms with E-state index in [1.54, 1.807) is 0 Å². The molecule has 1 saturated heterocycles. The number of piperazine rings is 1. The zero-order valence-electron chi connectivity index (χ0n) is 9.99. The molecule has 1 rings (SSSR count). The van der Waals surface area contributed by atoms with Crippen molar-refractivity contribution in [2.75, 3.05) is 33.2 Å². The van der Waals surface area contributed by atoms with Gasteiger partial charge in [-0.2, -0.15) is 0 Å². The van der Waals surface area contributed by atoms with Gasteiger partial charge in [0.05, 0.1) is 0 Å². The highest BCUT2D eigenvalue weighted by molar-refractivity contribution is 5.66. The standard InChI is InChI=1S/C11H22N2O2/c1-11(2)9-12(3)7-8-13(11)6-4-5-10(14)15/h4-9H2,1-3H3,(H,14,15). The van der Waals surface area contributed by atoms with Crippen LogP contribution in [-0.4, -0.2) is 59.6 Å². The highest BCUT2D eigenvalue weighted by atomic mass is 16.4. The van der Waals surface area contributed by atoms with Crippen LogP contribution in [0.25, 0.3) is 0 Å². The molecule has 1 aliphatic heterocycles. The topological polar surface area (TPSA) is 43.8 Å². The molecule has 1 heterocycles. The summed E-state index contributed by atoms with van der Waals surface area (Å²) in [6, 6.07) is 0. The Kier molecular flexibility index (Phi) is 4.11. The van der Waals surface area contributed by atoms with E-state index in [0.29, 0.717) is 0 Å². The van der Waals surface area contributed by atoms with Gasteiger partial charge < -0.3 is 10.0 Å². The van der Waals surface area contributed by atoms with E-state index in [4.69, 9.17) is 5.11 Å². The molecule has 0 saturated carbocycles. The molecule has 1 aliphatic rings. The number of rotatable bonds is 4.